The minimum atomic E-state index is -4.78. The molecular weight excluding hydrogens is 579 g/mol. The molecule has 1 aromatic heterocycles. The number of hydrogen-bond donors (Lipinski definition) is 5. The summed E-state index contributed by atoms with van der Waals surface area (Å²) in [5.41, 5.74) is 2.72. The molecule has 0 bridgehead atoms. The highest BCUT2D eigenvalue weighted by Gasteiger charge is 2.36. The molecule has 4 aromatic rings. The zero-order chi connectivity index (χ0) is 30.5. The lowest BCUT2D eigenvalue weighted by molar-refractivity contribution is -0.137. The fraction of sp³-hybridized carbons (Fsp3) is 0.267. The topological polar surface area (TPSA) is 120 Å². The first kappa shape index (κ1) is 30.3. The molecule has 0 saturated carbocycles. The van der Waals surface area contributed by atoms with Crippen LogP contribution < -0.4 is 26.0 Å². The summed E-state index contributed by atoms with van der Waals surface area (Å²) in [5, 5.41) is 12.4. The van der Waals surface area contributed by atoms with Crippen molar-refractivity contribution in [1.29, 1.82) is 0 Å². The molecule has 0 spiro atoms. The first-order valence-electron chi connectivity index (χ1n) is 13.8. The minimum Gasteiger partial charge on any atom is -0.381 e. The Balaban J connectivity index is 1.29. The summed E-state index contributed by atoms with van der Waals surface area (Å²) >= 11 is 0. The number of halogens is 3. The second-order valence-electron chi connectivity index (χ2n) is 10.1. The number of benzene rings is 3. The second kappa shape index (κ2) is 13.0. The molecule has 0 aliphatic carbocycles. The molecule has 3 aromatic carbocycles. The minimum absolute atomic E-state index is 0.0650. The van der Waals surface area contributed by atoms with Crippen molar-refractivity contribution >= 4 is 38.9 Å². The van der Waals surface area contributed by atoms with Crippen LogP contribution in [0.2, 0.25) is 0 Å². The van der Waals surface area contributed by atoms with Gasteiger partial charge in [-0.2, -0.15) is 18.2 Å². The van der Waals surface area contributed by atoms with Crippen molar-refractivity contribution in [1.82, 2.24) is 20.0 Å². The molecule has 13 heteroatoms. The van der Waals surface area contributed by atoms with Crippen LogP contribution in [0, 0.1) is 0 Å². The van der Waals surface area contributed by atoms with E-state index in [9.17, 15) is 21.6 Å². The van der Waals surface area contributed by atoms with Crippen LogP contribution in [0.4, 0.5) is 42.0 Å². The van der Waals surface area contributed by atoms with Crippen molar-refractivity contribution < 1.29 is 21.6 Å². The second-order valence-corrected chi connectivity index (χ2v) is 12.0. The number of anilines is 5. The van der Waals surface area contributed by atoms with Gasteiger partial charge in [0, 0.05) is 30.7 Å². The lowest BCUT2D eigenvalue weighted by Gasteiger charge is -2.23. The maximum Gasteiger partial charge on any atom is 0.421 e. The number of rotatable bonds is 10. The average molecular weight is 612 g/mol. The molecule has 1 saturated heterocycles. The van der Waals surface area contributed by atoms with Gasteiger partial charge in [0.1, 0.15) is 16.3 Å². The summed E-state index contributed by atoms with van der Waals surface area (Å²) in [4.78, 5) is 7.66. The highest BCUT2D eigenvalue weighted by molar-refractivity contribution is 7.89. The maximum atomic E-state index is 13.8. The Morgan fingerprint density at radius 2 is 1.77 bits per heavy atom. The Hall–Kier alpha value is -4.20. The number of nitrogens with zero attached hydrogens (tertiary/aromatic N) is 2. The summed E-state index contributed by atoms with van der Waals surface area (Å²) in [6, 6.07) is 21.4. The van der Waals surface area contributed by atoms with Crippen molar-refractivity contribution in [3.63, 3.8) is 0 Å². The van der Waals surface area contributed by atoms with Crippen LogP contribution in [0.25, 0.3) is 0 Å². The predicted octanol–water partition coefficient (Wildman–Crippen LogP) is 5.97. The Morgan fingerprint density at radius 3 is 2.49 bits per heavy atom. The predicted molar refractivity (Wildman–Crippen MR) is 161 cm³/mol. The van der Waals surface area contributed by atoms with E-state index in [0.717, 1.165) is 24.3 Å². The molecule has 1 fully saturated rings. The normalized spacial score (nSPS) is 15.6. The number of piperidine rings is 1. The summed E-state index contributed by atoms with van der Waals surface area (Å²) in [5.74, 6) is -0.166. The lowest BCUT2D eigenvalue weighted by atomic mass is 9.91. The lowest BCUT2D eigenvalue weighted by Crippen LogP contribution is -2.28. The molecule has 1 aliphatic heterocycles. The van der Waals surface area contributed by atoms with E-state index in [4.69, 9.17) is 0 Å². The first-order chi connectivity index (χ1) is 20.6. The molecule has 1 atom stereocenters. The van der Waals surface area contributed by atoms with Gasteiger partial charge in [-0.1, -0.05) is 36.4 Å². The number of nitrogens with one attached hydrogen (secondary N) is 5. The third-order valence-electron chi connectivity index (χ3n) is 7.15. The maximum absolute atomic E-state index is 13.8. The highest BCUT2D eigenvalue weighted by atomic mass is 32.2. The fourth-order valence-electron chi connectivity index (χ4n) is 4.86. The summed E-state index contributed by atoms with van der Waals surface area (Å²) < 4.78 is 68.4. The van der Waals surface area contributed by atoms with Gasteiger partial charge in [-0.15, -0.1) is 0 Å². The molecule has 5 rings (SSSR count). The summed E-state index contributed by atoms with van der Waals surface area (Å²) in [6.07, 6.45) is -1.77. The standard InChI is InChI=1S/C30H32F3N7O2S/c1-34-43(41,42)27-10-3-2-9-26(27)39-28-25(30(31,32)33)19-37-29(40-28)38-23-13-11-20(12-14-23)17-36-24-8-4-6-21(16-24)22-7-5-15-35-18-22/h2-4,6,8-14,16,19,22,34-36H,5,7,15,17-18H2,1H3,(H2,37,38,39,40). The van der Waals surface area contributed by atoms with Gasteiger partial charge in [0.25, 0.3) is 0 Å². The van der Waals surface area contributed by atoms with Crippen LogP contribution in [0.5, 0.6) is 0 Å². The molecule has 43 heavy (non-hydrogen) atoms. The third kappa shape index (κ3) is 7.61. The Morgan fingerprint density at radius 1 is 0.977 bits per heavy atom. The molecule has 1 unspecified atom stereocenters. The average Bonchev–Trinajstić information content (AvgIpc) is 3.01. The molecule has 2 heterocycles. The van der Waals surface area contributed by atoms with E-state index in [0.29, 0.717) is 24.3 Å². The first-order valence-corrected chi connectivity index (χ1v) is 15.2. The zero-order valence-corrected chi connectivity index (χ0v) is 24.2. The van der Waals surface area contributed by atoms with Crippen LogP contribution in [-0.2, 0) is 22.7 Å². The van der Waals surface area contributed by atoms with E-state index < -0.39 is 27.6 Å². The van der Waals surface area contributed by atoms with Gasteiger partial charge in [-0.25, -0.2) is 18.1 Å². The van der Waals surface area contributed by atoms with E-state index in [1.54, 1.807) is 12.1 Å². The molecule has 0 amide bonds. The van der Waals surface area contributed by atoms with Crippen LogP contribution in [0.1, 0.15) is 35.4 Å². The van der Waals surface area contributed by atoms with Crippen LogP contribution in [-0.4, -0.2) is 38.5 Å². The Kier molecular flexibility index (Phi) is 9.14. The van der Waals surface area contributed by atoms with Gasteiger partial charge in [0.15, 0.2) is 0 Å². The molecule has 1 aliphatic rings. The smallest absolute Gasteiger partial charge is 0.381 e. The van der Waals surface area contributed by atoms with Crippen molar-refractivity contribution in [2.24, 2.45) is 0 Å². The molecule has 5 N–H and O–H groups in total. The van der Waals surface area contributed by atoms with E-state index in [1.807, 2.05) is 18.2 Å². The van der Waals surface area contributed by atoms with Gasteiger partial charge in [0.2, 0.25) is 16.0 Å². The van der Waals surface area contributed by atoms with Crippen LogP contribution in [0.15, 0.2) is 83.9 Å². The van der Waals surface area contributed by atoms with Crippen LogP contribution in [0.3, 0.4) is 0 Å². The quantitative estimate of drug-likeness (QED) is 0.149. The van der Waals surface area contributed by atoms with Crippen molar-refractivity contribution in [2.45, 2.75) is 36.4 Å². The van der Waals surface area contributed by atoms with E-state index in [2.05, 4.69) is 54.2 Å². The zero-order valence-electron chi connectivity index (χ0n) is 23.4. The SMILES string of the molecule is CNS(=O)(=O)c1ccccc1Nc1nc(Nc2ccc(CNc3cccc(C4CCCNC4)c3)cc2)ncc1C(F)(F)F. The monoisotopic (exact) mass is 611 g/mol. The summed E-state index contributed by atoms with van der Waals surface area (Å²) in [7, 11) is -2.73. The van der Waals surface area contributed by atoms with Crippen molar-refractivity contribution in [3.8, 4) is 0 Å². The van der Waals surface area contributed by atoms with Gasteiger partial charge in [-0.3, -0.25) is 0 Å². The largest absolute Gasteiger partial charge is 0.421 e. The number of aromatic nitrogens is 2. The van der Waals surface area contributed by atoms with E-state index in [1.165, 1.54) is 49.7 Å². The van der Waals surface area contributed by atoms with Crippen molar-refractivity contribution in [3.05, 3.63) is 95.7 Å². The number of alkyl halides is 3. The molecular formula is C30H32F3N7O2S. The van der Waals surface area contributed by atoms with E-state index >= 15 is 0 Å². The molecule has 226 valence electrons. The third-order valence-corrected chi connectivity index (χ3v) is 8.63. The van der Waals surface area contributed by atoms with Gasteiger partial charge in [0.05, 0.1) is 5.69 Å². The van der Waals surface area contributed by atoms with E-state index in [-0.39, 0.29) is 16.5 Å². The molecule has 0 radical (unpaired) electrons. The number of hydrogen-bond acceptors (Lipinski definition) is 8. The number of para-hydroxylation sites is 1. The Labute approximate surface area is 248 Å². The van der Waals surface area contributed by atoms with Gasteiger partial charge in [-0.05, 0) is 79.9 Å². The summed E-state index contributed by atoms with van der Waals surface area (Å²) in [6.45, 7) is 2.65. The van der Waals surface area contributed by atoms with Crippen LogP contribution >= 0.6 is 0 Å². The fourth-order valence-corrected chi connectivity index (χ4v) is 5.75. The number of sulfonamides is 1. The van der Waals surface area contributed by atoms with Gasteiger partial charge >= 0.3 is 6.18 Å². The Bertz CT molecular complexity index is 1660. The van der Waals surface area contributed by atoms with Gasteiger partial charge < -0.3 is 21.3 Å². The van der Waals surface area contributed by atoms with Crippen molar-refractivity contribution in [2.75, 3.05) is 36.1 Å². The molecule has 9 nitrogen and oxygen atoms in total. The highest BCUT2D eigenvalue weighted by Crippen LogP contribution is 2.36.